The van der Waals surface area contributed by atoms with Crippen LogP contribution in [0.25, 0.3) is 16.5 Å². The molecule has 2 amide bonds. The molecule has 0 saturated heterocycles. The highest BCUT2D eigenvalue weighted by Crippen LogP contribution is 2.29. The van der Waals surface area contributed by atoms with Gasteiger partial charge in [0.1, 0.15) is 6.04 Å². The molecule has 8 heteroatoms. The molecule has 0 aliphatic carbocycles. The molecule has 1 atom stereocenters. The maximum absolute atomic E-state index is 12.8. The molecule has 0 fully saturated rings. The van der Waals surface area contributed by atoms with E-state index in [4.69, 9.17) is 0 Å². The molecule has 2 N–H and O–H groups in total. The molecule has 2 heterocycles. The number of amides is 2. The molecule has 1 aliphatic heterocycles. The Bertz CT molecular complexity index is 1200. The zero-order valence-electron chi connectivity index (χ0n) is 17.0. The number of nitrogens with zero attached hydrogens (tertiary/aromatic N) is 2. The Morgan fingerprint density at radius 3 is 2.74 bits per heavy atom. The van der Waals surface area contributed by atoms with E-state index in [0.717, 1.165) is 22.9 Å². The minimum atomic E-state index is -0.741. The molecule has 0 unspecified atom stereocenters. The predicted molar refractivity (Wildman–Crippen MR) is 117 cm³/mol. The number of non-ortho nitro benzene ring substituents is 1. The fourth-order valence-electron chi connectivity index (χ4n) is 3.83. The molecule has 3 aromatic rings. The van der Waals surface area contributed by atoms with E-state index in [2.05, 4.69) is 16.4 Å². The summed E-state index contributed by atoms with van der Waals surface area (Å²) in [6, 6.07) is 12.8. The number of fused-ring (bicyclic) bond motifs is 1. The number of carbonyl (C=O) groups is 2. The molecule has 1 aromatic heterocycles. The van der Waals surface area contributed by atoms with Crippen LogP contribution in [-0.4, -0.2) is 45.8 Å². The number of nitrogens with one attached hydrogen (secondary N) is 2. The van der Waals surface area contributed by atoms with E-state index in [9.17, 15) is 19.7 Å². The second-order valence-electron chi connectivity index (χ2n) is 7.51. The average molecular weight is 418 g/mol. The molecule has 0 spiro atoms. The molecule has 0 saturated carbocycles. The molecule has 31 heavy (non-hydrogen) atoms. The first-order chi connectivity index (χ1) is 14.9. The monoisotopic (exact) mass is 418 g/mol. The molecule has 0 bridgehead atoms. The van der Waals surface area contributed by atoms with Crippen LogP contribution in [0.4, 0.5) is 5.69 Å². The Balaban J connectivity index is 1.40. The van der Waals surface area contributed by atoms with Crippen molar-refractivity contribution in [1.29, 1.82) is 0 Å². The smallest absolute Gasteiger partial charge is 0.270 e. The van der Waals surface area contributed by atoms with Crippen LogP contribution in [-0.2, 0) is 4.79 Å². The fraction of sp³-hybridized carbons (Fsp3) is 0.217. The standard InChI is InChI=1S/C23H22N4O4/c1-15(25-22(28)17-5-4-6-18(13-17)27(30)31)23(29)26-11-9-16(10-12-26)20-14-24-21-8-3-2-7-19(20)21/h2-9,13-15,24H,10-12H2,1H3,(H,25,28)/t15-/m1/s1. The van der Waals surface area contributed by atoms with Gasteiger partial charge in [0.05, 0.1) is 4.92 Å². The van der Waals surface area contributed by atoms with Crippen molar-refractivity contribution in [3.8, 4) is 0 Å². The molecule has 2 aromatic carbocycles. The van der Waals surface area contributed by atoms with Gasteiger partial charge in [0.15, 0.2) is 0 Å². The third kappa shape index (κ3) is 4.18. The van der Waals surface area contributed by atoms with Gasteiger partial charge in [0, 0.05) is 53.4 Å². The Labute approximate surface area is 178 Å². The van der Waals surface area contributed by atoms with Gasteiger partial charge < -0.3 is 15.2 Å². The zero-order valence-corrected chi connectivity index (χ0v) is 17.0. The summed E-state index contributed by atoms with van der Waals surface area (Å²) >= 11 is 0. The minimum Gasteiger partial charge on any atom is -0.361 e. The molecule has 4 rings (SSSR count). The summed E-state index contributed by atoms with van der Waals surface area (Å²) in [6.07, 6.45) is 4.77. The summed E-state index contributed by atoms with van der Waals surface area (Å²) < 4.78 is 0. The summed E-state index contributed by atoms with van der Waals surface area (Å²) in [5.41, 5.74) is 3.39. The maximum atomic E-state index is 12.8. The fourth-order valence-corrected chi connectivity index (χ4v) is 3.83. The van der Waals surface area contributed by atoms with Crippen LogP contribution < -0.4 is 5.32 Å². The summed E-state index contributed by atoms with van der Waals surface area (Å²) in [4.78, 5) is 40.6. The van der Waals surface area contributed by atoms with Gasteiger partial charge in [-0.05, 0) is 31.1 Å². The highest BCUT2D eigenvalue weighted by atomic mass is 16.6. The molecule has 0 radical (unpaired) electrons. The van der Waals surface area contributed by atoms with E-state index in [1.165, 1.54) is 29.8 Å². The van der Waals surface area contributed by atoms with Gasteiger partial charge in [-0.2, -0.15) is 0 Å². The van der Waals surface area contributed by atoms with Gasteiger partial charge in [0.25, 0.3) is 11.6 Å². The van der Waals surface area contributed by atoms with Crippen LogP contribution in [0.15, 0.2) is 60.8 Å². The Morgan fingerprint density at radius 1 is 1.19 bits per heavy atom. The normalized spacial score (nSPS) is 14.7. The maximum Gasteiger partial charge on any atom is 0.270 e. The van der Waals surface area contributed by atoms with Gasteiger partial charge in [-0.1, -0.05) is 30.3 Å². The first-order valence-electron chi connectivity index (χ1n) is 10.0. The molecule has 8 nitrogen and oxygen atoms in total. The van der Waals surface area contributed by atoms with Gasteiger partial charge in [-0.3, -0.25) is 19.7 Å². The number of benzene rings is 2. The number of rotatable bonds is 5. The topological polar surface area (TPSA) is 108 Å². The summed E-state index contributed by atoms with van der Waals surface area (Å²) in [5, 5.41) is 14.7. The van der Waals surface area contributed by atoms with E-state index in [-0.39, 0.29) is 17.2 Å². The summed E-state index contributed by atoms with van der Waals surface area (Å²) in [5.74, 6) is -0.704. The second kappa shape index (κ2) is 8.43. The van der Waals surface area contributed by atoms with Gasteiger partial charge in [-0.15, -0.1) is 0 Å². The lowest BCUT2D eigenvalue weighted by molar-refractivity contribution is -0.384. The third-order valence-electron chi connectivity index (χ3n) is 5.49. The lowest BCUT2D eigenvalue weighted by atomic mass is 9.98. The minimum absolute atomic E-state index is 0.147. The number of carbonyl (C=O) groups excluding carboxylic acids is 2. The highest BCUT2D eigenvalue weighted by Gasteiger charge is 2.25. The van der Waals surface area contributed by atoms with Crippen molar-refractivity contribution >= 4 is 34.0 Å². The Kier molecular flexibility index (Phi) is 5.53. The molecular weight excluding hydrogens is 396 g/mol. The van der Waals surface area contributed by atoms with Crippen molar-refractivity contribution in [3.05, 3.63) is 82.0 Å². The van der Waals surface area contributed by atoms with E-state index in [1.807, 2.05) is 30.5 Å². The number of aromatic nitrogens is 1. The lowest BCUT2D eigenvalue weighted by Crippen LogP contribution is -2.48. The quantitative estimate of drug-likeness (QED) is 0.488. The SMILES string of the molecule is C[C@@H](NC(=O)c1cccc([N+](=O)[O-])c1)C(=O)N1CC=C(c2c[nH]c3ccccc23)CC1. The predicted octanol–water partition coefficient (Wildman–Crippen LogP) is 3.51. The van der Waals surface area contributed by atoms with Crippen molar-refractivity contribution in [2.75, 3.05) is 13.1 Å². The van der Waals surface area contributed by atoms with Crippen LogP contribution >= 0.6 is 0 Å². The second-order valence-corrected chi connectivity index (χ2v) is 7.51. The number of nitro groups is 1. The zero-order chi connectivity index (χ0) is 22.0. The number of hydrogen-bond donors (Lipinski definition) is 2. The van der Waals surface area contributed by atoms with Crippen molar-refractivity contribution in [1.82, 2.24) is 15.2 Å². The lowest BCUT2D eigenvalue weighted by Gasteiger charge is -2.29. The van der Waals surface area contributed by atoms with E-state index < -0.39 is 16.9 Å². The van der Waals surface area contributed by atoms with Crippen LogP contribution in [0.3, 0.4) is 0 Å². The largest absolute Gasteiger partial charge is 0.361 e. The van der Waals surface area contributed by atoms with Crippen LogP contribution in [0.1, 0.15) is 29.3 Å². The molecule has 1 aliphatic rings. The number of para-hydroxylation sites is 1. The molecule has 158 valence electrons. The third-order valence-corrected chi connectivity index (χ3v) is 5.49. The Morgan fingerprint density at radius 2 is 2.00 bits per heavy atom. The number of H-pyrrole nitrogens is 1. The molecular formula is C23H22N4O4. The van der Waals surface area contributed by atoms with Crippen molar-refractivity contribution < 1.29 is 14.5 Å². The van der Waals surface area contributed by atoms with Crippen LogP contribution in [0.5, 0.6) is 0 Å². The van der Waals surface area contributed by atoms with Crippen LogP contribution in [0.2, 0.25) is 0 Å². The number of aromatic amines is 1. The van der Waals surface area contributed by atoms with Crippen molar-refractivity contribution in [2.45, 2.75) is 19.4 Å². The van der Waals surface area contributed by atoms with Crippen molar-refractivity contribution in [2.24, 2.45) is 0 Å². The van der Waals surface area contributed by atoms with E-state index in [0.29, 0.717) is 13.1 Å². The van der Waals surface area contributed by atoms with Gasteiger partial charge >= 0.3 is 0 Å². The Hall–Kier alpha value is -3.94. The van der Waals surface area contributed by atoms with E-state index >= 15 is 0 Å². The van der Waals surface area contributed by atoms with Gasteiger partial charge in [-0.25, -0.2) is 0 Å². The summed E-state index contributed by atoms with van der Waals surface area (Å²) in [6.45, 7) is 2.64. The van der Waals surface area contributed by atoms with Crippen molar-refractivity contribution in [3.63, 3.8) is 0 Å². The first kappa shape index (κ1) is 20.3. The highest BCUT2D eigenvalue weighted by molar-refractivity contribution is 5.98. The first-order valence-corrected chi connectivity index (χ1v) is 10.0. The summed E-state index contributed by atoms with van der Waals surface area (Å²) in [7, 11) is 0. The number of hydrogen-bond acceptors (Lipinski definition) is 4. The number of nitro benzene ring substituents is 1. The average Bonchev–Trinajstić information content (AvgIpc) is 3.23. The van der Waals surface area contributed by atoms with Crippen LogP contribution in [0, 0.1) is 10.1 Å². The van der Waals surface area contributed by atoms with E-state index in [1.54, 1.807) is 11.8 Å². The van der Waals surface area contributed by atoms with Gasteiger partial charge in [0.2, 0.25) is 5.91 Å².